The second-order valence-electron chi connectivity index (χ2n) is 9.04. The van der Waals surface area contributed by atoms with Crippen LogP contribution < -0.4 is 14.2 Å². The summed E-state index contributed by atoms with van der Waals surface area (Å²) in [7, 11) is 1.41. The molecule has 0 N–H and O–H groups in total. The van der Waals surface area contributed by atoms with Crippen molar-refractivity contribution in [3.63, 3.8) is 0 Å². The van der Waals surface area contributed by atoms with Crippen molar-refractivity contribution in [2.24, 2.45) is 0 Å². The molecule has 0 unspecified atom stereocenters. The van der Waals surface area contributed by atoms with Gasteiger partial charge in [0.05, 0.1) is 28.6 Å². The number of nitrogens with zero attached hydrogens (tertiary/aromatic N) is 2. The van der Waals surface area contributed by atoms with Crippen molar-refractivity contribution in [3.05, 3.63) is 97.6 Å². The highest BCUT2D eigenvalue weighted by Gasteiger charge is 2.18. The Morgan fingerprint density at radius 2 is 1.59 bits per heavy atom. The third-order valence-corrected chi connectivity index (χ3v) is 5.37. The number of hydrogen-bond acceptors (Lipinski definition) is 8. The number of nitro benzene ring substituents is 2. The van der Waals surface area contributed by atoms with Crippen LogP contribution in [0.1, 0.15) is 37.5 Å². The number of carbonyl (C=O) groups excluding carboxylic acids is 1. The molecule has 37 heavy (non-hydrogen) atoms. The largest absolute Gasteiger partial charge is 0.493 e. The predicted molar refractivity (Wildman–Crippen MR) is 138 cm³/mol. The van der Waals surface area contributed by atoms with E-state index < -0.39 is 21.5 Å². The molecule has 0 spiro atoms. The number of carbonyl (C=O) groups is 1. The molecule has 10 nitrogen and oxygen atoms in total. The Morgan fingerprint density at radius 1 is 0.892 bits per heavy atom. The highest BCUT2D eigenvalue weighted by Crippen LogP contribution is 2.31. The van der Waals surface area contributed by atoms with Crippen LogP contribution in [0.4, 0.5) is 11.4 Å². The zero-order valence-electron chi connectivity index (χ0n) is 20.8. The van der Waals surface area contributed by atoms with Crippen molar-refractivity contribution in [1.29, 1.82) is 0 Å². The second-order valence-corrected chi connectivity index (χ2v) is 9.04. The molecule has 3 aromatic rings. The van der Waals surface area contributed by atoms with E-state index in [0.717, 1.165) is 11.6 Å². The van der Waals surface area contributed by atoms with E-state index in [2.05, 4.69) is 20.8 Å². The van der Waals surface area contributed by atoms with Gasteiger partial charge in [-0.25, -0.2) is 4.79 Å². The first kappa shape index (κ1) is 26.9. The van der Waals surface area contributed by atoms with Crippen molar-refractivity contribution >= 4 is 29.5 Å². The fourth-order valence-electron chi connectivity index (χ4n) is 3.35. The van der Waals surface area contributed by atoms with E-state index >= 15 is 0 Å². The summed E-state index contributed by atoms with van der Waals surface area (Å²) in [4.78, 5) is 33.2. The average molecular weight is 507 g/mol. The van der Waals surface area contributed by atoms with Gasteiger partial charge in [0, 0.05) is 6.07 Å². The Morgan fingerprint density at radius 3 is 2.19 bits per heavy atom. The summed E-state index contributed by atoms with van der Waals surface area (Å²) >= 11 is 0. The highest BCUT2D eigenvalue weighted by molar-refractivity contribution is 5.77. The van der Waals surface area contributed by atoms with Crippen molar-refractivity contribution in [1.82, 2.24) is 0 Å². The molecule has 0 aliphatic heterocycles. The maximum Gasteiger partial charge on any atom is 0.349 e. The molecule has 0 aliphatic carbocycles. The Bertz CT molecular complexity index is 1340. The first-order valence-corrected chi connectivity index (χ1v) is 11.2. The topological polar surface area (TPSA) is 131 Å². The molecule has 0 fully saturated rings. The summed E-state index contributed by atoms with van der Waals surface area (Å²) in [6, 6.07) is 15.6. The molecule has 0 radical (unpaired) electrons. The van der Waals surface area contributed by atoms with E-state index in [9.17, 15) is 25.0 Å². The summed E-state index contributed by atoms with van der Waals surface area (Å²) in [5.41, 5.74) is 1.17. The van der Waals surface area contributed by atoms with Gasteiger partial charge in [-0.1, -0.05) is 45.0 Å². The van der Waals surface area contributed by atoms with Gasteiger partial charge in [-0.05, 0) is 52.9 Å². The third kappa shape index (κ3) is 7.14. The summed E-state index contributed by atoms with van der Waals surface area (Å²) in [5.74, 6) is 0.363. The summed E-state index contributed by atoms with van der Waals surface area (Å²) in [6.07, 6.45) is 3.04. The Labute approximate surface area is 213 Å². The van der Waals surface area contributed by atoms with Crippen molar-refractivity contribution in [2.45, 2.75) is 26.2 Å². The molecule has 0 amide bonds. The zero-order chi connectivity index (χ0) is 27.2. The van der Waals surface area contributed by atoms with Crippen LogP contribution in [0.25, 0.3) is 12.2 Å². The summed E-state index contributed by atoms with van der Waals surface area (Å²) < 4.78 is 16.2. The minimum atomic E-state index is -0.695. The van der Waals surface area contributed by atoms with Gasteiger partial charge >= 0.3 is 5.97 Å². The maximum atomic E-state index is 12.3. The lowest BCUT2D eigenvalue weighted by Gasteiger charge is -2.19. The molecule has 3 rings (SSSR count). The lowest BCUT2D eigenvalue weighted by Crippen LogP contribution is -2.18. The van der Waals surface area contributed by atoms with E-state index in [1.54, 1.807) is 30.3 Å². The smallest absolute Gasteiger partial charge is 0.349 e. The molecule has 0 aromatic heterocycles. The van der Waals surface area contributed by atoms with Crippen LogP contribution in [0.2, 0.25) is 0 Å². The maximum absolute atomic E-state index is 12.3. The first-order chi connectivity index (χ1) is 17.5. The molecule has 0 saturated carbocycles. The Kier molecular flexibility index (Phi) is 8.23. The molecular weight excluding hydrogens is 480 g/mol. The van der Waals surface area contributed by atoms with Gasteiger partial charge in [-0.15, -0.1) is 0 Å². The molecule has 0 saturated heterocycles. The molecule has 10 heteroatoms. The molecular formula is C27H26N2O8. The van der Waals surface area contributed by atoms with E-state index in [4.69, 9.17) is 14.2 Å². The fraction of sp³-hybridized carbons (Fsp3) is 0.222. The van der Waals surface area contributed by atoms with Gasteiger partial charge < -0.3 is 14.2 Å². The number of non-ortho nitro benzene ring substituents is 1. The Hall–Kier alpha value is -4.73. The fourth-order valence-corrected chi connectivity index (χ4v) is 3.35. The molecule has 0 atom stereocenters. The quantitative estimate of drug-likeness (QED) is 0.114. The SMILES string of the molecule is COc1cc(C=Cc2ccc([N+](=O)[O-])cc2[N+](=O)[O-])ccc1OC(=O)COc1ccc(C(C)(C)C)cc1. The van der Waals surface area contributed by atoms with Crippen LogP contribution in [0, 0.1) is 20.2 Å². The van der Waals surface area contributed by atoms with E-state index in [1.165, 1.54) is 31.4 Å². The number of rotatable bonds is 9. The van der Waals surface area contributed by atoms with Crippen molar-refractivity contribution in [2.75, 3.05) is 13.7 Å². The van der Waals surface area contributed by atoms with Gasteiger partial charge in [0.2, 0.25) is 0 Å². The number of benzene rings is 3. The summed E-state index contributed by atoms with van der Waals surface area (Å²) in [5, 5.41) is 22.2. The molecule has 0 bridgehead atoms. The number of methoxy groups -OCH3 is 1. The third-order valence-electron chi connectivity index (χ3n) is 5.37. The summed E-state index contributed by atoms with van der Waals surface area (Å²) in [6.45, 7) is 6.01. The lowest BCUT2D eigenvalue weighted by molar-refractivity contribution is -0.394. The standard InChI is InChI=1S/C27H26N2O8/c1-27(2,3)20-9-12-22(13-10-20)36-17-26(30)37-24-14-6-18(15-25(24)35-4)5-7-19-8-11-21(28(31)32)16-23(19)29(33)34/h5-16H,17H2,1-4H3. The average Bonchev–Trinajstić information content (AvgIpc) is 2.86. The highest BCUT2D eigenvalue weighted by atomic mass is 16.6. The first-order valence-electron chi connectivity index (χ1n) is 11.2. The normalized spacial score (nSPS) is 11.2. The van der Waals surface area contributed by atoms with Crippen LogP contribution >= 0.6 is 0 Å². The minimum Gasteiger partial charge on any atom is -0.493 e. The molecule has 0 aliphatic rings. The second kappa shape index (κ2) is 11.3. The number of nitro groups is 2. The van der Waals surface area contributed by atoms with Crippen LogP contribution in [0.5, 0.6) is 17.2 Å². The van der Waals surface area contributed by atoms with Crippen molar-refractivity contribution < 1.29 is 28.9 Å². The minimum absolute atomic E-state index is 0.00589. The predicted octanol–water partition coefficient (Wildman–Crippen LogP) is 5.96. The van der Waals surface area contributed by atoms with Crippen LogP contribution in [0.3, 0.4) is 0 Å². The van der Waals surface area contributed by atoms with Gasteiger partial charge in [-0.2, -0.15) is 0 Å². The zero-order valence-corrected chi connectivity index (χ0v) is 20.8. The monoisotopic (exact) mass is 506 g/mol. The number of hydrogen-bond donors (Lipinski definition) is 0. The van der Waals surface area contributed by atoms with Gasteiger partial charge in [-0.3, -0.25) is 20.2 Å². The molecule has 192 valence electrons. The van der Waals surface area contributed by atoms with E-state index in [0.29, 0.717) is 11.3 Å². The number of ether oxygens (including phenoxy) is 3. The Balaban J connectivity index is 1.68. The van der Waals surface area contributed by atoms with Gasteiger partial charge in [0.1, 0.15) is 5.75 Å². The van der Waals surface area contributed by atoms with E-state index in [1.807, 2.05) is 12.1 Å². The van der Waals surface area contributed by atoms with Gasteiger partial charge in [0.25, 0.3) is 11.4 Å². The molecule has 3 aromatic carbocycles. The van der Waals surface area contributed by atoms with Crippen LogP contribution in [-0.2, 0) is 10.2 Å². The number of esters is 1. The lowest BCUT2D eigenvalue weighted by atomic mass is 9.87. The van der Waals surface area contributed by atoms with Gasteiger partial charge in [0.15, 0.2) is 18.1 Å². The van der Waals surface area contributed by atoms with Crippen LogP contribution in [-0.4, -0.2) is 29.5 Å². The van der Waals surface area contributed by atoms with Crippen LogP contribution in [0.15, 0.2) is 60.7 Å². The molecule has 0 heterocycles. The van der Waals surface area contributed by atoms with Crippen molar-refractivity contribution in [3.8, 4) is 17.2 Å². The van der Waals surface area contributed by atoms with E-state index in [-0.39, 0.29) is 34.8 Å².